The standard InChI is InChI=1S/C10H21NO/c1-4-7-10(12)11(8-5-2)9-6-3/h4-9H2,1-3H3. The van der Waals surface area contributed by atoms with Crippen molar-refractivity contribution in [3.8, 4) is 0 Å². The van der Waals surface area contributed by atoms with Crippen LogP contribution in [0.3, 0.4) is 0 Å². The second-order valence-electron chi connectivity index (χ2n) is 3.13. The fourth-order valence-electron chi connectivity index (χ4n) is 1.27. The van der Waals surface area contributed by atoms with E-state index in [0.717, 1.165) is 32.4 Å². The van der Waals surface area contributed by atoms with Crippen molar-refractivity contribution in [2.24, 2.45) is 0 Å². The lowest BCUT2D eigenvalue weighted by Gasteiger charge is -2.20. The Morgan fingerprint density at radius 1 is 1.00 bits per heavy atom. The van der Waals surface area contributed by atoms with Gasteiger partial charge in [-0.25, -0.2) is 0 Å². The second-order valence-corrected chi connectivity index (χ2v) is 3.13. The maximum Gasteiger partial charge on any atom is 0.222 e. The molecule has 0 atom stereocenters. The minimum Gasteiger partial charge on any atom is -0.343 e. The summed E-state index contributed by atoms with van der Waals surface area (Å²) in [6, 6.07) is 0. The Kier molecular flexibility index (Phi) is 6.82. The molecule has 0 unspecified atom stereocenters. The van der Waals surface area contributed by atoms with Crippen LogP contribution in [-0.4, -0.2) is 23.9 Å². The monoisotopic (exact) mass is 171 g/mol. The Hall–Kier alpha value is -0.530. The summed E-state index contributed by atoms with van der Waals surface area (Å²) >= 11 is 0. The van der Waals surface area contributed by atoms with Gasteiger partial charge in [-0.3, -0.25) is 4.79 Å². The molecule has 0 heterocycles. The van der Waals surface area contributed by atoms with Gasteiger partial charge in [0.15, 0.2) is 0 Å². The first kappa shape index (κ1) is 11.5. The molecule has 0 saturated heterocycles. The lowest BCUT2D eigenvalue weighted by Crippen LogP contribution is -2.32. The summed E-state index contributed by atoms with van der Waals surface area (Å²) in [6.45, 7) is 8.12. The predicted octanol–water partition coefficient (Wildman–Crippen LogP) is 2.44. The van der Waals surface area contributed by atoms with Crippen LogP contribution in [0.25, 0.3) is 0 Å². The molecular weight excluding hydrogens is 150 g/mol. The normalized spacial score (nSPS) is 9.92. The summed E-state index contributed by atoms with van der Waals surface area (Å²) in [4.78, 5) is 13.4. The fourth-order valence-corrected chi connectivity index (χ4v) is 1.27. The highest BCUT2D eigenvalue weighted by atomic mass is 16.2. The van der Waals surface area contributed by atoms with E-state index in [-0.39, 0.29) is 0 Å². The van der Waals surface area contributed by atoms with Crippen molar-refractivity contribution < 1.29 is 4.79 Å². The molecule has 2 heteroatoms. The van der Waals surface area contributed by atoms with E-state index in [0.29, 0.717) is 12.3 Å². The first-order valence-electron chi connectivity index (χ1n) is 5.04. The van der Waals surface area contributed by atoms with Crippen LogP contribution in [0.4, 0.5) is 0 Å². The van der Waals surface area contributed by atoms with Gasteiger partial charge in [0.1, 0.15) is 0 Å². The van der Waals surface area contributed by atoms with Crippen molar-refractivity contribution in [2.75, 3.05) is 13.1 Å². The minimum absolute atomic E-state index is 0.321. The molecule has 0 rings (SSSR count). The van der Waals surface area contributed by atoms with Crippen LogP contribution in [0.5, 0.6) is 0 Å². The van der Waals surface area contributed by atoms with Gasteiger partial charge in [0.2, 0.25) is 5.91 Å². The van der Waals surface area contributed by atoms with E-state index in [1.54, 1.807) is 0 Å². The van der Waals surface area contributed by atoms with Gasteiger partial charge in [-0.15, -0.1) is 0 Å². The number of amides is 1. The van der Waals surface area contributed by atoms with Crippen LogP contribution in [0.2, 0.25) is 0 Å². The molecule has 72 valence electrons. The molecule has 0 aromatic heterocycles. The number of nitrogens with zero attached hydrogens (tertiary/aromatic N) is 1. The highest BCUT2D eigenvalue weighted by Gasteiger charge is 2.09. The maximum atomic E-state index is 11.4. The Morgan fingerprint density at radius 2 is 1.50 bits per heavy atom. The van der Waals surface area contributed by atoms with E-state index >= 15 is 0 Å². The molecule has 0 aliphatic heterocycles. The molecule has 0 aromatic rings. The first-order valence-corrected chi connectivity index (χ1v) is 5.04. The van der Waals surface area contributed by atoms with Gasteiger partial charge in [-0.2, -0.15) is 0 Å². The summed E-state index contributed by atoms with van der Waals surface area (Å²) in [7, 11) is 0. The van der Waals surface area contributed by atoms with Crippen LogP contribution in [0.1, 0.15) is 46.5 Å². The highest BCUT2D eigenvalue weighted by molar-refractivity contribution is 5.76. The number of carbonyl (C=O) groups is 1. The molecule has 12 heavy (non-hydrogen) atoms. The van der Waals surface area contributed by atoms with Crippen molar-refractivity contribution in [3.05, 3.63) is 0 Å². The van der Waals surface area contributed by atoms with Gasteiger partial charge < -0.3 is 4.90 Å². The van der Waals surface area contributed by atoms with Crippen LogP contribution in [0, 0.1) is 0 Å². The van der Waals surface area contributed by atoms with E-state index in [1.165, 1.54) is 0 Å². The molecule has 0 fully saturated rings. The third-order valence-electron chi connectivity index (χ3n) is 1.80. The Bertz CT molecular complexity index is 117. The van der Waals surface area contributed by atoms with Crippen molar-refractivity contribution >= 4 is 5.91 Å². The van der Waals surface area contributed by atoms with Crippen LogP contribution >= 0.6 is 0 Å². The van der Waals surface area contributed by atoms with Gasteiger partial charge in [-0.1, -0.05) is 20.8 Å². The average Bonchev–Trinajstić information content (AvgIpc) is 2.04. The second kappa shape index (κ2) is 7.14. The highest BCUT2D eigenvalue weighted by Crippen LogP contribution is 2.00. The van der Waals surface area contributed by atoms with Gasteiger partial charge >= 0.3 is 0 Å². The number of hydrogen-bond acceptors (Lipinski definition) is 1. The van der Waals surface area contributed by atoms with Gasteiger partial charge in [0.05, 0.1) is 0 Å². The average molecular weight is 171 g/mol. The molecule has 0 spiro atoms. The summed E-state index contributed by atoms with van der Waals surface area (Å²) in [5.74, 6) is 0.321. The molecule has 0 aromatic carbocycles. The molecule has 0 saturated carbocycles. The van der Waals surface area contributed by atoms with E-state index in [2.05, 4.69) is 13.8 Å². The summed E-state index contributed by atoms with van der Waals surface area (Å²) < 4.78 is 0. The van der Waals surface area contributed by atoms with Gasteiger partial charge in [-0.05, 0) is 19.3 Å². The topological polar surface area (TPSA) is 20.3 Å². The largest absolute Gasteiger partial charge is 0.343 e. The van der Waals surface area contributed by atoms with E-state index in [9.17, 15) is 4.79 Å². The first-order chi connectivity index (χ1) is 5.76. The summed E-state index contributed by atoms with van der Waals surface area (Å²) in [5.41, 5.74) is 0. The van der Waals surface area contributed by atoms with E-state index < -0.39 is 0 Å². The van der Waals surface area contributed by atoms with Crippen molar-refractivity contribution in [3.63, 3.8) is 0 Å². The lowest BCUT2D eigenvalue weighted by atomic mass is 10.2. The number of rotatable bonds is 6. The SMILES string of the molecule is CCCC(=O)N(CCC)CCC. The molecule has 1 amide bonds. The lowest BCUT2D eigenvalue weighted by molar-refractivity contribution is -0.131. The molecule has 0 bridgehead atoms. The Morgan fingerprint density at radius 3 is 1.83 bits per heavy atom. The Labute approximate surface area is 75.9 Å². The third-order valence-corrected chi connectivity index (χ3v) is 1.80. The third kappa shape index (κ3) is 4.37. The zero-order chi connectivity index (χ0) is 9.40. The van der Waals surface area contributed by atoms with Crippen LogP contribution in [-0.2, 0) is 4.79 Å². The number of hydrogen-bond donors (Lipinski definition) is 0. The molecule has 0 radical (unpaired) electrons. The van der Waals surface area contributed by atoms with Crippen molar-refractivity contribution in [2.45, 2.75) is 46.5 Å². The quantitative estimate of drug-likeness (QED) is 0.601. The van der Waals surface area contributed by atoms with Crippen molar-refractivity contribution in [1.82, 2.24) is 4.90 Å². The van der Waals surface area contributed by atoms with Gasteiger partial charge in [0.25, 0.3) is 0 Å². The zero-order valence-corrected chi connectivity index (χ0v) is 8.60. The predicted molar refractivity (Wildman–Crippen MR) is 52.1 cm³/mol. The van der Waals surface area contributed by atoms with Crippen molar-refractivity contribution in [1.29, 1.82) is 0 Å². The summed E-state index contributed by atoms with van der Waals surface area (Å²) in [5, 5.41) is 0. The minimum atomic E-state index is 0.321. The molecule has 0 aliphatic rings. The molecule has 2 nitrogen and oxygen atoms in total. The number of carbonyl (C=O) groups excluding carboxylic acids is 1. The van der Waals surface area contributed by atoms with Gasteiger partial charge in [0, 0.05) is 19.5 Å². The fraction of sp³-hybridized carbons (Fsp3) is 0.900. The molecule has 0 N–H and O–H groups in total. The zero-order valence-electron chi connectivity index (χ0n) is 8.60. The Balaban J connectivity index is 3.81. The summed E-state index contributed by atoms with van der Waals surface area (Å²) in [6.07, 6.45) is 3.80. The molecule has 0 aliphatic carbocycles. The smallest absolute Gasteiger partial charge is 0.222 e. The van der Waals surface area contributed by atoms with E-state index in [4.69, 9.17) is 0 Å². The van der Waals surface area contributed by atoms with E-state index in [1.807, 2.05) is 11.8 Å². The van der Waals surface area contributed by atoms with Crippen LogP contribution < -0.4 is 0 Å². The van der Waals surface area contributed by atoms with Crippen LogP contribution in [0.15, 0.2) is 0 Å². The molecular formula is C10H21NO. The maximum absolute atomic E-state index is 11.4.